The molecule has 1 aliphatic rings. The highest BCUT2D eigenvalue weighted by Crippen LogP contribution is 2.29. The molecule has 1 amide bonds. The van der Waals surface area contributed by atoms with E-state index in [1.54, 1.807) is 4.90 Å². The average Bonchev–Trinajstić information content (AvgIpc) is 3.57. The molecule has 220 valence electrons. The van der Waals surface area contributed by atoms with E-state index < -0.39 is 9.84 Å². The molecular weight excluding hydrogens is 577 g/mol. The molecule has 2 heterocycles. The number of aryl methyl sites for hydroxylation is 2. The van der Waals surface area contributed by atoms with E-state index in [0.29, 0.717) is 24.5 Å². The molecule has 1 fully saturated rings. The summed E-state index contributed by atoms with van der Waals surface area (Å²) in [6.45, 7) is 4.51. The molecule has 9 heteroatoms. The van der Waals surface area contributed by atoms with Gasteiger partial charge < -0.3 is 4.90 Å². The molecule has 0 radical (unpaired) electrons. The van der Waals surface area contributed by atoms with E-state index in [1.165, 1.54) is 22.5 Å². The smallest absolute Gasteiger partial charge is 0.233 e. The number of rotatable bonds is 9. The van der Waals surface area contributed by atoms with E-state index >= 15 is 0 Å². The van der Waals surface area contributed by atoms with Crippen LogP contribution in [0, 0.1) is 13.8 Å². The molecular formula is C34H34N4O3S2. The van der Waals surface area contributed by atoms with Crippen molar-refractivity contribution in [2.75, 3.05) is 17.3 Å². The van der Waals surface area contributed by atoms with Gasteiger partial charge in [0, 0.05) is 19.0 Å². The number of amides is 1. The van der Waals surface area contributed by atoms with Crippen LogP contribution < -0.4 is 0 Å². The Kier molecular flexibility index (Phi) is 8.36. The lowest BCUT2D eigenvalue weighted by Crippen LogP contribution is -2.41. The molecule has 6 rings (SSSR count). The fourth-order valence-electron chi connectivity index (χ4n) is 5.85. The van der Waals surface area contributed by atoms with Crippen LogP contribution in [0.1, 0.15) is 34.5 Å². The van der Waals surface area contributed by atoms with Gasteiger partial charge in [-0.2, -0.15) is 0 Å². The number of aromatic nitrogens is 3. The number of fused-ring (bicyclic) bond motifs is 1. The van der Waals surface area contributed by atoms with Gasteiger partial charge in [0.05, 0.1) is 22.9 Å². The zero-order chi connectivity index (χ0) is 30.0. The maximum absolute atomic E-state index is 13.8. The van der Waals surface area contributed by atoms with Crippen LogP contribution >= 0.6 is 11.8 Å². The molecule has 0 spiro atoms. The third-order valence-corrected chi connectivity index (χ3v) is 10.7. The predicted octanol–water partition coefficient (Wildman–Crippen LogP) is 5.94. The lowest BCUT2D eigenvalue weighted by molar-refractivity contribution is -0.130. The number of carbonyl (C=O) groups is 1. The summed E-state index contributed by atoms with van der Waals surface area (Å²) in [5.41, 5.74) is 5.36. The number of nitrogens with zero attached hydrogens (tertiary/aromatic N) is 4. The van der Waals surface area contributed by atoms with Crippen molar-refractivity contribution >= 4 is 38.3 Å². The Morgan fingerprint density at radius 2 is 1.72 bits per heavy atom. The van der Waals surface area contributed by atoms with Crippen molar-refractivity contribution in [2.24, 2.45) is 0 Å². The molecule has 0 N–H and O–H groups in total. The highest BCUT2D eigenvalue weighted by atomic mass is 32.2. The van der Waals surface area contributed by atoms with E-state index in [1.807, 2.05) is 42.5 Å². The molecule has 0 bridgehead atoms. The first-order chi connectivity index (χ1) is 20.8. The average molecular weight is 611 g/mol. The van der Waals surface area contributed by atoms with Crippen LogP contribution in [0.2, 0.25) is 0 Å². The minimum absolute atomic E-state index is 0.00413. The Balaban J connectivity index is 1.31. The third-order valence-electron chi connectivity index (χ3n) is 8.01. The molecule has 0 aliphatic carbocycles. The van der Waals surface area contributed by atoms with Crippen LogP contribution in [0.4, 0.5) is 0 Å². The maximum Gasteiger partial charge on any atom is 0.233 e. The zero-order valence-corrected chi connectivity index (χ0v) is 25.9. The maximum atomic E-state index is 13.8. The lowest BCUT2D eigenvalue weighted by Gasteiger charge is -2.28. The monoisotopic (exact) mass is 610 g/mol. The van der Waals surface area contributed by atoms with Crippen LogP contribution in [0.25, 0.3) is 16.5 Å². The van der Waals surface area contributed by atoms with E-state index in [9.17, 15) is 13.2 Å². The van der Waals surface area contributed by atoms with Gasteiger partial charge in [0.15, 0.2) is 15.0 Å². The molecule has 1 aliphatic heterocycles. The predicted molar refractivity (Wildman–Crippen MR) is 172 cm³/mol. The second kappa shape index (κ2) is 12.3. The number of hydrogen-bond donors (Lipinski definition) is 0. The van der Waals surface area contributed by atoms with Gasteiger partial charge >= 0.3 is 0 Å². The molecule has 0 saturated carbocycles. The van der Waals surface area contributed by atoms with Crippen molar-refractivity contribution in [3.63, 3.8) is 0 Å². The number of hydrogen-bond acceptors (Lipinski definition) is 6. The molecule has 1 aromatic heterocycles. The quantitative estimate of drug-likeness (QED) is 0.192. The summed E-state index contributed by atoms with van der Waals surface area (Å²) >= 11 is 1.34. The first-order valence-corrected chi connectivity index (χ1v) is 17.2. The van der Waals surface area contributed by atoms with Crippen molar-refractivity contribution in [3.05, 3.63) is 119 Å². The topological polar surface area (TPSA) is 85.2 Å². The summed E-state index contributed by atoms with van der Waals surface area (Å²) in [5, 5.41) is 12.2. The van der Waals surface area contributed by atoms with Gasteiger partial charge in [-0.1, -0.05) is 102 Å². The van der Waals surface area contributed by atoms with Crippen LogP contribution in [0.15, 0.2) is 96.2 Å². The number of benzene rings is 4. The molecule has 4 aromatic carbocycles. The molecule has 1 atom stereocenters. The van der Waals surface area contributed by atoms with Gasteiger partial charge in [0.1, 0.15) is 5.82 Å². The van der Waals surface area contributed by atoms with Crippen molar-refractivity contribution in [1.82, 2.24) is 19.7 Å². The minimum atomic E-state index is -3.15. The second-order valence-electron chi connectivity index (χ2n) is 11.2. The van der Waals surface area contributed by atoms with E-state index in [2.05, 4.69) is 77.1 Å². The number of carbonyl (C=O) groups excluding carboxylic acids is 1. The third kappa shape index (κ3) is 6.53. The van der Waals surface area contributed by atoms with Crippen molar-refractivity contribution in [3.8, 4) is 5.69 Å². The number of thioether (sulfide) groups is 1. The van der Waals surface area contributed by atoms with E-state index in [4.69, 9.17) is 0 Å². The SMILES string of the molecule is Cc1ccc(-n2c(Cc3cccc4ccccc34)nnc2SCC(=O)N(Cc2ccccc2)C2CCS(=O)(=O)C2)c(C)c1. The highest BCUT2D eigenvalue weighted by Gasteiger charge is 2.35. The van der Waals surface area contributed by atoms with Gasteiger partial charge in [-0.15, -0.1) is 10.2 Å². The summed E-state index contributed by atoms with van der Waals surface area (Å²) in [6, 6.07) is 30.3. The van der Waals surface area contributed by atoms with Crippen molar-refractivity contribution < 1.29 is 13.2 Å². The normalized spacial score (nSPS) is 16.0. The largest absolute Gasteiger partial charge is 0.334 e. The molecule has 1 unspecified atom stereocenters. The summed E-state index contributed by atoms with van der Waals surface area (Å²) in [5.74, 6) is 0.926. The summed E-state index contributed by atoms with van der Waals surface area (Å²) in [4.78, 5) is 15.5. The van der Waals surface area contributed by atoms with Gasteiger partial charge in [0.25, 0.3) is 0 Å². The Labute approximate surface area is 256 Å². The van der Waals surface area contributed by atoms with Crippen LogP contribution in [-0.4, -0.2) is 57.3 Å². The molecule has 1 saturated heterocycles. The second-order valence-corrected chi connectivity index (χ2v) is 14.4. The fourth-order valence-corrected chi connectivity index (χ4v) is 8.44. The van der Waals surface area contributed by atoms with Crippen molar-refractivity contribution in [2.45, 2.75) is 44.4 Å². The lowest BCUT2D eigenvalue weighted by atomic mass is 10.0. The van der Waals surface area contributed by atoms with Crippen LogP contribution in [0.3, 0.4) is 0 Å². The van der Waals surface area contributed by atoms with Crippen LogP contribution in [-0.2, 0) is 27.6 Å². The van der Waals surface area contributed by atoms with Gasteiger partial charge in [-0.05, 0) is 53.8 Å². The Morgan fingerprint density at radius 3 is 2.49 bits per heavy atom. The highest BCUT2D eigenvalue weighted by molar-refractivity contribution is 7.99. The zero-order valence-electron chi connectivity index (χ0n) is 24.3. The minimum Gasteiger partial charge on any atom is -0.334 e. The first kappa shape index (κ1) is 29.1. The van der Waals surface area contributed by atoms with E-state index in [-0.39, 0.29) is 29.2 Å². The fraction of sp³-hybridized carbons (Fsp3) is 0.265. The summed E-state index contributed by atoms with van der Waals surface area (Å²) in [7, 11) is -3.15. The molecule has 43 heavy (non-hydrogen) atoms. The summed E-state index contributed by atoms with van der Waals surface area (Å²) < 4.78 is 26.7. The van der Waals surface area contributed by atoms with E-state index in [0.717, 1.165) is 33.8 Å². The van der Waals surface area contributed by atoms with Gasteiger partial charge in [-0.25, -0.2) is 8.42 Å². The van der Waals surface area contributed by atoms with Crippen molar-refractivity contribution in [1.29, 1.82) is 0 Å². The summed E-state index contributed by atoms with van der Waals surface area (Å²) in [6.07, 6.45) is 1.04. The first-order valence-electron chi connectivity index (χ1n) is 14.4. The Hall–Kier alpha value is -3.95. The van der Waals surface area contributed by atoms with Crippen LogP contribution in [0.5, 0.6) is 0 Å². The molecule has 5 aromatic rings. The Bertz CT molecular complexity index is 1880. The van der Waals surface area contributed by atoms with Gasteiger partial charge in [-0.3, -0.25) is 9.36 Å². The number of sulfone groups is 1. The van der Waals surface area contributed by atoms with Gasteiger partial charge in [0.2, 0.25) is 5.91 Å². The standard InChI is InChI=1S/C34H34N4O3S2/c1-24-15-16-31(25(2)19-24)38-32(20-28-13-8-12-27-11-6-7-14-30(27)28)35-36-34(38)42-22-33(39)37(21-26-9-4-3-5-10-26)29-17-18-43(40,41)23-29/h3-16,19,29H,17-18,20-23H2,1-2H3. The molecule has 7 nitrogen and oxygen atoms in total. The Morgan fingerprint density at radius 1 is 0.953 bits per heavy atom.